The van der Waals surface area contributed by atoms with Crippen LogP contribution in [-0.2, 0) is 0 Å². The summed E-state index contributed by atoms with van der Waals surface area (Å²) in [6, 6.07) is 1.76. The van der Waals surface area contributed by atoms with Gasteiger partial charge in [0.15, 0.2) is 0 Å². The van der Waals surface area contributed by atoms with Gasteiger partial charge < -0.3 is 10.5 Å². The number of ether oxygens (including phenoxy) is 1. The lowest BCUT2D eigenvalue weighted by Gasteiger charge is -2.11. The summed E-state index contributed by atoms with van der Waals surface area (Å²) in [5.41, 5.74) is 7.83. The molecule has 0 fully saturated rings. The van der Waals surface area contributed by atoms with Crippen LogP contribution in [0.25, 0.3) is 0 Å². The molecule has 1 unspecified atom stereocenters. The molecule has 84 valence electrons. The normalized spacial score (nSPS) is 12.4. The van der Waals surface area contributed by atoms with Gasteiger partial charge in [-0.05, 0) is 39.6 Å². The van der Waals surface area contributed by atoms with Crippen molar-refractivity contribution in [3.63, 3.8) is 0 Å². The molecule has 0 radical (unpaired) electrons. The Kier molecular flexibility index (Phi) is 3.72. The molecule has 2 aromatic rings. The van der Waals surface area contributed by atoms with Crippen molar-refractivity contribution in [3.05, 3.63) is 38.0 Å². The summed E-state index contributed by atoms with van der Waals surface area (Å²) in [7, 11) is 1.57. The van der Waals surface area contributed by atoms with Crippen molar-refractivity contribution in [2.24, 2.45) is 5.73 Å². The summed E-state index contributed by atoms with van der Waals surface area (Å²) in [5, 5.41) is 2.03. The lowest BCUT2D eigenvalue weighted by Crippen LogP contribution is -2.14. The SMILES string of the molecule is COc1nccnc1C(N)c1csc(I)c1. The maximum atomic E-state index is 6.13. The van der Waals surface area contributed by atoms with E-state index in [2.05, 4.69) is 32.6 Å². The Bertz CT molecular complexity index is 488. The summed E-state index contributed by atoms with van der Waals surface area (Å²) in [4.78, 5) is 8.31. The quantitative estimate of drug-likeness (QED) is 0.865. The van der Waals surface area contributed by atoms with E-state index < -0.39 is 0 Å². The molecular weight excluding hydrogens is 337 g/mol. The van der Waals surface area contributed by atoms with E-state index >= 15 is 0 Å². The minimum atomic E-state index is -0.289. The second-order valence-corrected chi connectivity index (χ2v) is 5.92. The lowest BCUT2D eigenvalue weighted by atomic mass is 10.1. The highest BCUT2D eigenvalue weighted by atomic mass is 127. The molecule has 0 amide bonds. The summed E-state index contributed by atoms with van der Waals surface area (Å²) >= 11 is 3.93. The summed E-state index contributed by atoms with van der Waals surface area (Å²) in [5.74, 6) is 0.483. The van der Waals surface area contributed by atoms with Crippen molar-refractivity contribution in [2.45, 2.75) is 6.04 Å². The number of methoxy groups -OCH3 is 1. The highest BCUT2D eigenvalue weighted by Gasteiger charge is 2.17. The Morgan fingerprint density at radius 1 is 1.44 bits per heavy atom. The van der Waals surface area contributed by atoms with Crippen LogP contribution in [0.3, 0.4) is 0 Å². The fraction of sp³-hybridized carbons (Fsp3) is 0.200. The van der Waals surface area contributed by atoms with Crippen LogP contribution < -0.4 is 10.5 Å². The van der Waals surface area contributed by atoms with Crippen molar-refractivity contribution in [1.29, 1.82) is 0 Å². The Morgan fingerprint density at radius 2 is 2.19 bits per heavy atom. The molecule has 2 N–H and O–H groups in total. The third-order valence-electron chi connectivity index (χ3n) is 2.13. The molecule has 2 heterocycles. The predicted octanol–water partition coefficient (Wildman–Crippen LogP) is 2.20. The van der Waals surface area contributed by atoms with Gasteiger partial charge >= 0.3 is 0 Å². The van der Waals surface area contributed by atoms with Gasteiger partial charge in [-0.25, -0.2) is 4.98 Å². The molecule has 4 nitrogen and oxygen atoms in total. The van der Waals surface area contributed by atoms with Gasteiger partial charge in [-0.3, -0.25) is 4.98 Å². The molecular formula is C10H10IN3OS. The summed E-state index contributed by atoms with van der Waals surface area (Å²) in [6.45, 7) is 0. The second kappa shape index (κ2) is 5.07. The van der Waals surface area contributed by atoms with E-state index in [9.17, 15) is 0 Å². The van der Waals surface area contributed by atoms with Gasteiger partial charge in [0.2, 0.25) is 5.88 Å². The van der Waals surface area contributed by atoms with E-state index in [-0.39, 0.29) is 6.04 Å². The van der Waals surface area contributed by atoms with Crippen molar-refractivity contribution >= 4 is 33.9 Å². The number of aromatic nitrogens is 2. The van der Waals surface area contributed by atoms with Crippen LogP contribution in [0.15, 0.2) is 23.8 Å². The largest absolute Gasteiger partial charge is 0.480 e. The monoisotopic (exact) mass is 347 g/mol. The van der Waals surface area contributed by atoms with E-state index in [1.165, 1.54) is 2.88 Å². The van der Waals surface area contributed by atoms with Crippen LogP contribution in [-0.4, -0.2) is 17.1 Å². The predicted molar refractivity (Wildman–Crippen MR) is 71.7 cm³/mol. The molecule has 0 aliphatic carbocycles. The summed E-state index contributed by atoms with van der Waals surface area (Å²) < 4.78 is 6.34. The standard InChI is InChI=1S/C10H10IN3OS/c1-15-10-9(13-2-3-14-10)8(12)6-4-7(11)16-5-6/h2-5,8H,12H2,1H3. The Morgan fingerprint density at radius 3 is 2.81 bits per heavy atom. The zero-order valence-electron chi connectivity index (χ0n) is 8.55. The number of nitrogens with two attached hydrogens (primary N) is 1. The van der Waals surface area contributed by atoms with Crippen molar-refractivity contribution in [1.82, 2.24) is 9.97 Å². The van der Waals surface area contributed by atoms with E-state index in [0.29, 0.717) is 11.6 Å². The van der Waals surface area contributed by atoms with Crippen molar-refractivity contribution < 1.29 is 4.74 Å². The molecule has 16 heavy (non-hydrogen) atoms. The number of rotatable bonds is 3. The van der Waals surface area contributed by atoms with E-state index in [0.717, 1.165) is 5.56 Å². The van der Waals surface area contributed by atoms with E-state index in [1.54, 1.807) is 30.8 Å². The molecule has 1 atom stereocenters. The highest BCUT2D eigenvalue weighted by molar-refractivity contribution is 14.1. The zero-order valence-corrected chi connectivity index (χ0v) is 11.5. The fourth-order valence-electron chi connectivity index (χ4n) is 1.35. The third-order valence-corrected chi connectivity index (χ3v) is 3.93. The van der Waals surface area contributed by atoms with Crippen LogP contribution in [0.1, 0.15) is 17.3 Å². The van der Waals surface area contributed by atoms with Gasteiger partial charge in [0.1, 0.15) is 5.69 Å². The Balaban J connectivity index is 2.36. The first kappa shape index (κ1) is 11.7. The van der Waals surface area contributed by atoms with Crippen molar-refractivity contribution in [2.75, 3.05) is 7.11 Å². The number of hydrogen-bond donors (Lipinski definition) is 1. The number of nitrogens with zero attached hydrogens (tertiary/aromatic N) is 2. The number of hydrogen-bond acceptors (Lipinski definition) is 5. The first-order valence-electron chi connectivity index (χ1n) is 4.56. The molecule has 0 aromatic carbocycles. The first-order valence-corrected chi connectivity index (χ1v) is 6.52. The van der Waals surface area contributed by atoms with Crippen molar-refractivity contribution in [3.8, 4) is 5.88 Å². The van der Waals surface area contributed by atoms with Gasteiger partial charge in [0, 0.05) is 12.4 Å². The molecule has 6 heteroatoms. The topological polar surface area (TPSA) is 61.0 Å². The van der Waals surface area contributed by atoms with Gasteiger partial charge in [0.25, 0.3) is 0 Å². The van der Waals surface area contributed by atoms with Crippen LogP contribution in [0.5, 0.6) is 5.88 Å². The maximum absolute atomic E-state index is 6.13. The molecule has 2 rings (SSSR count). The average Bonchev–Trinajstić information content (AvgIpc) is 2.75. The molecule has 0 aliphatic rings. The molecule has 0 aliphatic heterocycles. The number of thiophene rings is 1. The van der Waals surface area contributed by atoms with E-state index in [4.69, 9.17) is 10.5 Å². The highest BCUT2D eigenvalue weighted by Crippen LogP contribution is 2.27. The number of halogens is 1. The second-order valence-electron chi connectivity index (χ2n) is 3.11. The zero-order chi connectivity index (χ0) is 11.5. The van der Waals surface area contributed by atoms with Crippen LogP contribution in [0.2, 0.25) is 0 Å². The summed E-state index contributed by atoms with van der Waals surface area (Å²) in [6.07, 6.45) is 3.21. The van der Waals surface area contributed by atoms with E-state index in [1.807, 2.05) is 11.4 Å². The average molecular weight is 347 g/mol. The maximum Gasteiger partial charge on any atom is 0.237 e. The van der Waals surface area contributed by atoms with Crippen LogP contribution in [0.4, 0.5) is 0 Å². The minimum absolute atomic E-state index is 0.289. The first-order chi connectivity index (χ1) is 7.72. The van der Waals surface area contributed by atoms with Crippen LogP contribution in [0, 0.1) is 2.88 Å². The van der Waals surface area contributed by atoms with Gasteiger partial charge in [0.05, 0.1) is 16.0 Å². The van der Waals surface area contributed by atoms with Crippen LogP contribution >= 0.6 is 33.9 Å². The lowest BCUT2D eigenvalue weighted by molar-refractivity contribution is 0.387. The smallest absolute Gasteiger partial charge is 0.237 e. The third kappa shape index (κ3) is 2.33. The Labute approximate surface area is 111 Å². The Hall–Kier alpha value is -0.730. The van der Waals surface area contributed by atoms with Gasteiger partial charge in [-0.2, -0.15) is 0 Å². The van der Waals surface area contributed by atoms with Gasteiger partial charge in [-0.1, -0.05) is 0 Å². The molecule has 0 saturated carbocycles. The molecule has 0 saturated heterocycles. The fourth-order valence-corrected chi connectivity index (χ4v) is 2.76. The molecule has 2 aromatic heterocycles. The molecule has 0 spiro atoms. The molecule has 0 bridgehead atoms. The minimum Gasteiger partial charge on any atom is -0.480 e. The van der Waals surface area contributed by atoms with Gasteiger partial charge in [-0.15, -0.1) is 11.3 Å².